The van der Waals surface area contributed by atoms with Gasteiger partial charge in [0.05, 0.1) is 17.4 Å². The molecule has 1 aromatic heterocycles. The van der Waals surface area contributed by atoms with E-state index in [0.29, 0.717) is 5.95 Å². The number of carbonyl (C=O) groups excluding carboxylic acids is 1. The molecule has 1 atom stereocenters. The summed E-state index contributed by atoms with van der Waals surface area (Å²) >= 11 is 0. The Bertz CT molecular complexity index is 515. The lowest BCUT2D eigenvalue weighted by Crippen LogP contribution is -2.53. The first-order chi connectivity index (χ1) is 9.97. The van der Waals surface area contributed by atoms with Crippen LogP contribution in [0.3, 0.4) is 0 Å². The van der Waals surface area contributed by atoms with Gasteiger partial charge >= 0.3 is 0 Å². The zero-order valence-electron chi connectivity index (χ0n) is 13.4. The summed E-state index contributed by atoms with van der Waals surface area (Å²) in [6.45, 7) is 9.15. The highest BCUT2D eigenvalue weighted by Gasteiger charge is 2.37. The first-order valence-corrected chi connectivity index (χ1v) is 7.74. The maximum Gasteiger partial charge on any atom is 0.249 e. The molecule has 1 aliphatic rings. The van der Waals surface area contributed by atoms with Gasteiger partial charge in [0.25, 0.3) is 0 Å². The van der Waals surface area contributed by atoms with Crippen LogP contribution in [0, 0.1) is 5.41 Å². The Balaban J connectivity index is 2.12. The number of aryl methyl sites for hydroxylation is 2. The Morgan fingerprint density at radius 1 is 1.29 bits per heavy atom. The normalized spacial score (nSPS) is 21.0. The molecule has 6 nitrogen and oxygen atoms in total. The fourth-order valence-electron chi connectivity index (χ4n) is 2.83. The van der Waals surface area contributed by atoms with Crippen LogP contribution >= 0.6 is 0 Å². The van der Waals surface area contributed by atoms with Gasteiger partial charge < -0.3 is 5.32 Å². The molecule has 6 heteroatoms. The molecule has 1 aromatic rings. The van der Waals surface area contributed by atoms with Gasteiger partial charge in [0, 0.05) is 0 Å². The second-order valence-electron chi connectivity index (χ2n) is 6.20. The lowest BCUT2D eigenvalue weighted by molar-refractivity contribution is -0.121. The number of nitrogens with zero attached hydrogens (tertiary/aromatic N) is 3. The molecule has 2 heterocycles. The molecule has 0 aromatic carbocycles. The average molecular weight is 291 g/mol. The van der Waals surface area contributed by atoms with Crippen LogP contribution in [0.25, 0.3) is 0 Å². The van der Waals surface area contributed by atoms with Crippen LogP contribution in [0.15, 0.2) is 0 Å². The molecule has 0 aliphatic carbocycles. The summed E-state index contributed by atoms with van der Waals surface area (Å²) in [5.74, 6) is 0.227. The fourth-order valence-corrected chi connectivity index (χ4v) is 2.83. The van der Waals surface area contributed by atoms with E-state index < -0.39 is 0 Å². The summed E-state index contributed by atoms with van der Waals surface area (Å²) in [4.78, 5) is 16.9. The second kappa shape index (κ2) is 6.47. The summed E-state index contributed by atoms with van der Waals surface area (Å²) in [5, 5.41) is 14.3. The molecule has 2 rings (SSSR count). The second-order valence-corrected chi connectivity index (χ2v) is 6.20. The number of rotatable bonds is 4. The summed E-state index contributed by atoms with van der Waals surface area (Å²) in [6, 6.07) is -0.217. The number of amides is 1. The van der Waals surface area contributed by atoms with Gasteiger partial charge in [-0.3, -0.25) is 10.1 Å². The topological polar surface area (TPSA) is 79.8 Å². The van der Waals surface area contributed by atoms with Crippen molar-refractivity contribution in [2.75, 3.05) is 11.9 Å². The Kier molecular flexibility index (Phi) is 4.88. The molecule has 2 N–H and O–H groups in total. The number of hydrogen-bond acceptors (Lipinski definition) is 5. The monoisotopic (exact) mass is 291 g/mol. The van der Waals surface area contributed by atoms with E-state index in [1.807, 2.05) is 13.8 Å². The largest absolute Gasteiger partial charge is 0.305 e. The third-order valence-electron chi connectivity index (χ3n) is 4.13. The van der Waals surface area contributed by atoms with Crippen molar-refractivity contribution in [3.8, 4) is 0 Å². The molecule has 0 radical (unpaired) electrons. The Morgan fingerprint density at radius 3 is 2.62 bits per heavy atom. The minimum Gasteiger partial charge on any atom is -0.305 e. The lowest BCUT2D eigenvalue weighted by Gasteiger charge is -2.38. The predicted octanol–water partition coefficient (Wildman–Crippen LogP) is 1.71. The van der Waals surface area contributed by atoms with Crippen molar-refractivity contribution in [2.45, 2.75) is 59.4 Å². The molecule has 1 fully saturated rings. The maximum absolute atomic E-state index is 12.5. The van der Waals surface area contributed by atoms with Crippen molar-refractivity contribution in [3.05, 3.63) is 11.4 Å². The Hall–Kier alpha value is -1.56. The first kappa shape index (κ1) is 15.8. The van der Waals surface area contributed by atoms with Crippen molar-refractivity contribution in [3.63, 3.8) is 0 Å². The molecule has 1 amide bonds. The molecule has 1 unspecified atom stereocenters. The highest BCUT2D eigenvalue weighted by atomic mass is 16.2. The van der Waals surface area contributed by atoms with Crippen LogP contribution in [-0.2, 0) is 17.6 Å². The maximum atomic E-state index is 12.5. The minimum absolute atomic E-state index is 0.0628. The van der Waals surface area contributed by atoms with E-state index >= 15 is 0 Å². The van der Waals surface area contributed by atoms with Crippen LogP contribution in [0.4, 0.5) is 5.95 Å². The van der Waals surface area contributed by atoms with E-state index in [1.165, 1.54) is 0 Å². The average Bonchev–Trinajstić information content (AvgIpc) is 2.46. The molecule has 0 bridgehead atoms. The predicted molar refractivity (Wildman–Crippen MR) is 82.0 cm³/mol. The van der Waals surface area contributed by atoms with Gasteiger partial charge in [-0.2, -0.15) is 0 Å². The highest BCUT2D eigenvalue weighted by molar-refractivity contribution is 5.94. The van der Waals surface area contributed by atoms with Crippen LogP contribution < -0.4 is 10.6 Å². The molecule has 1 saturated heterocycles. The zero-order valence-corrected chi connectivity index (χ0v) is 13.4. The van der Waals surface area contributed by atoms with E-state index in [2.05, 4.69) is 39.7 Å². The minimum atomic E-state index is -0.217. The van der Waals surface area contributed by atoms with Gasteiger partial charge in [-0.15, -0.1) is 10.2 Å². The first-order valence-electron chi connectivity index (χ1n) is 7.74. The van der Waals surface area contributed by atoms with Crippen molar-refractivity contribution >= 4 is 11.9 Å². The lowest BCUT2D eigenvalue weighted by atomic mass is 9.77. The van der Waals surface area contributed by atoms with E-state index in [4.69, 9.17) is 0 Å². The summed E-state index contributed by atoms with van der Waals surface area (Å²) in [5.41, 5.74) is 1.73. The number of hydrogen-bond donors (Lipinski definition) is 2. The SMILES string of the molecule is CCc1nnc(NC(=O)C2NCCCC2(C)C)nc1CC. The fraction of sp³-hybridized carbons (Fsp3) is 0.733. The van der Waals surface area contributed by atoms with Crippen molar-refractivity contribution < 1.29 is 4.79 Å². The van der Waals surface area contributed by atoms with E-state index in [-0.39, 0.29) is 17.4 Å². The van der Waals surface area contributed by atoms with Crippen LogP contribution in [0.2, 0.25) is 0 Å². The molecule has 116 valence electrons. The van der Waals surface area contributed by atoms with Crippen molar-refractivity contribution in [1.29, 1.82) is 0 Å². The third-order valence-corrected chi connectivity index (χ3v) is 4.13. The number of aromatic nitrogens is 3. The number of nitrogens with one attached hydrogen (secondary N) is 2. The van der Waals surface area contributed by atoms with Crippen molar-refractivity contribution in [1.82, 2.24) is 20.5 Å². The number of piperidine rings is 1. The van der Waals surface area contributed by atoms with Gasteiger partial charge in [0.1, 0.15) is 0 Å². The third kappa shape index (κ3) is 3.56. The van der Waals surface area contributed by atoms with Crippen LogP contribution in [-0.4, -0.2) is 33.7 Å². The Labute approximate surface area is 126 Å². The van der Waals surface area contributed by atoms with Crippen LogP contribution in [0.5, 0.6) is 0 Å². The van der Waals surface area contributed by atoms with E-state index in [9.17, 15) is 4.79 Å². The van der Waals surface area contributed by atoms with Gasteiger partial charge in [0.15, 0.2) is 0 Å². The molecule has 0 saturated carbocycles. The van der Waals surface area contributed by atoms with Gasteiger partial charge in [-0.1, -0.05) is 27.7 Å². The molecule has 21 heavy (non-hydrogen) atoms. The molecule has 1 aliphatic heterocycles. The van der Waals surface area contributed by atoms with Gasteiger partial charge in [-0.25, -0.2) is 4.98 Å². The molecular formula is C15H25N5O. The Morgan fingerprint density at radius 2 is 2.00 bits per heavy atom. The smallest absolute Gasteiger partial charge is 0.249 e. The summed E-state index contributed by atoms with van der Waals surface area (Å²) in [7, 11) is 0. The molecule has 0 spiro atoms. The highest BCUT2D eigenvalue weighted by Crippen LogP contribution is 2.30. The summed E-state index contributed by atoms with van der Waals surface area (Å²) < 4.78 is 0. The zero-order chi connectivity index (χ0) is 15.5. The molecular weight excluding hydrogens is 266 g/mol. The number of anilines is 1. The summed E-state index contributed by atoms with van der Waals surface area (Å²) in [6.07, 6.45) is 3.72. The van der Waals surface area contributed by atoms with E-state index in [0.717, 1.165) is 43.6 Å². The quantitative estimate of drug-likeness (QED) is 0.883. The van der Waals surface area contributed by atoms with Gasteiger partial charge in [-0.05, 0) is 37.6 Å². The number of carbonyl (C=O) groups is 1. The van der Waals surface area contributed by atoms with Crippen molar-refractivity contribution in [2.24, 2.45) is 5.41 Å². The van der Waals surface area contributed by atoms with E-state index in [1.54, 1.807) is 0 Å². The van der Waals surface area contributed by atoms with Crippen LogP contribution in [0.1, 0.15) is 51.9 Å². The van der Waals surface area contributed by atoms with Gasteiger partial charge in [0.2, 0.25) is 11.9 Å². The standard InChI is InChI=1S/C15H25N5O/c1-5-10-11(6-2)19-20-14(17-10)18-13(21)12-15(3,4)8-7-9-16-12/h12,16H,5-9H2,1-4H3,(H,17,18,20,21).